The number of piperidine rings is 1. The zero-order chi connectivity index (χ0) is 31.7. The number of hydrogen-bond acceptors (Lipinski definition) is 7. The van der Waals surface area contributed by atoms with Gasteiger partial charge in [-0.25, -0.2) is 14.2 Å². The molecule has 1 aliphatic carbocycles. The average Bonchev–Trinajstić information content (AvgIpc) is 3.84. The summed E-state index contributed by atoms with van der Waals surface area (Å²) in [5.74, 6) is -1.18. The highest BCUT2D eigenvalue weighted by atomic mass is 19.1. The van der Waals surface area contributed by atoms with Gasteiger partial charge in [0.1, 0.15) is 22.7 Å². The topological polar surface area (TPSA) is 124 Å². The molecule has 0 bridgehead atoms. The first-order chi connectivity index (χ1) is 21.6. The molecule has 0 radical (unpaired) electrons. The molecule has 2 aliphatic heterocycles. The van der Waals surface area contributed by atoms with Gasteiger partial charge in [0.25, 0.3) is 0 Å². The maximum atomic E-state index is 15.6. The monoisotopic (exact) mass is 615 g/mol. The van der Waals surface area contributed by atoms with Crippen molar-refractivity contribution < 1.29 is 23.5 Å². The van der Waals surface area contributed by atoms with Gasteiger partial charge in [-0.05, 0) is 63.1 Å². The largest absolute Gasteiger partial charge is 0.457 e. The Hall–Kier alpha value is -4.55. The van der Waals surface area contributed by atoms with E-state index in [0.717, 1.165) is 39.0 Å². The lowest BCUT2D eigenvalue weighted by atomic mass is 9.99. The van der Waals surface area contributed by atoms with Crippen molar-refractivity contribution >= 4 is 35.0 Å². The lowest BCUT2D eigenvalue weighted by Gasteiger charge is -2.47. The fraction of sp³-hybridized carbons (Fsp3) is 0.394. The number of urea groups is 1. The van der Waals surface area contributed by atoms with E-state index < -0.39 is 23.0 Å². The molecule has 45 heavy (non-hydrogen) atoms. The Morgan fingerprint density at radius 3 is 2.33 bits per heavy atom. The number of nitrogens with one attached hydrogen (secondary N) is 1. The van der Waals surface area contributed by atoms with Gasteiger partial charge in [-0.2, -0.15) is 0 Å². The first-order valence-electron chi connectivity index (χ1n) is 15.2. The fourth-order valence-electron chi connectivity index (χ4n) is 6.16. The van der Waals surface area contributed by atoms with E-state index in [1.165, 1.54) is 29.3 Å². The van der Waals surface area contributed by atoms with Crippen LogP contribution in [0.1, 0.15) is 25.7 Å². The first kappa shape index (κ1) is 30.5. The number of rotatable bonds is 9. The van der Waals surface area contributed by atoms with Crippen LogP contribution in [-0.4, -0.2) is 89.9 Å². The Morgan fingerprint density at radius 1 is 1.02 bits per heavy atom. The van der Waals surface area contributed by atoms with Crippen molar-refractivity contribution in [2.24, 2.45) is 11.1 Å². The van der Waals surface area contributed by atoms with Crippen LogP contribution in [0, 0.1) is 11.2 Å². The number of carbonyl (C=O) groups excluding carboxylic acids is 3. The van der Waals surface area contributed by atoms with Crippen molar-refractivity contribution in [3.63, 3.8) is 0 Å². The summed E-state index contributed by atoms with van der Waals surface area (Å²) in [6.45, 7) is 4.15. The van der Waals surface area contributed by atoms with Gasteiger partial charge in [0.2, 0.25) is 11.8 Å². The zero-order valence-electron chi connectivity index (χ0n) is 25.5. The van der Waals surface area contributed by atoms with E-state index in [4.69, 9.17) is 10.5 Å². The molecule has 2 aromatic carbocycles. The predicted octanol–water partition coefficient (Wildman–Crippen LogP) is 4.19. The second-order valence-electron chi connectivity index (χ2n) is 12.2. The molecular weight excluding hydrogens is 577 g/mol. The van der Waals surface area contributed by atoms with Crippen molar-refractivity contribution in [3.8, 4) is 11.5 Å². The van der Waals surface area contributed by atoms with E-state index in [9.17, 15) is 14.4 Å². The van der Waals surface area contributed by atoms with Gasteiger partial charge >= 0.3 is 6.03 Å². The molecule has 4 amide bonds. The summed E-state index contributed by atoms with van der Waals surface area (Å²) in [6, 6.07) is 16.4. The maximum Gasteiger partial charge on any atom is 0.323 e. The van der Waals surface area contributed by atoms with Crippen molar-refractivity contribution in [2.45, 2.75) is 37.8 Å². The number of anilines is 3. The summed E-state index contributed by atoms with van der Waals surface area (Å²) >= 11 is 0. The molecule has 0 spiro atoms. The van der Waals surface area contributed by atoms with Crippen LogP contribution in [-0.2, 0) is 9.59 Å². The van der Waals surface area contributed by atoms with Crippen LogP contribution in [0.25, 0.3) is 0 Å². The smallest absolute Gasteiger partial charge is 0.323 e. The Bertz CT molecular complexity index is 1570. The molecule has 3 aliphatic rings. The van der Waals surface area contributed by atoms with Crippen LogP contribution >= 0.6 is 0 Å². The molecule has 0 atom stereocenters. The summed E-state index contributed by atoms with van der Waals surface area (Å²) in [6.07, 6.45) is 3.97. The molecule has 0 unspecified atom stereocenters. The highest BCUT2D eigenvalue weighted by Crippen LogP contribution is 2.49. The van der Waals surface area contributed by atoms with E-state index >= 15 is 4.39 Å². The number of hydrogen-bond donors (Lipinski definition) is 2. The molecule has 2 saturated heterocycles. The molecule has 3 heterocycles. The number of halogens is 1. The minimum atomic E-state index is -1.34. The summed E-state index contributed by atoms with van der Waals surface area (Å²) in [5, 5.41) is 2.84. The number of ether oxygens (including phenoxy) is 1. The highest BCUT2D eigenvalue weighted by Gasteiger charge is 2.57. The number of nitrogens with zero attached hydrogens (tertiary/aromatic N) is 5. The Kier molecular flexibility index (Phi) is 8.43. The molecular formula is C33H38FN7O4. The molecule has 1 saturated carbocycles. The van der Waals surface area contributed by atoms with Crippen molar-refractivity contribution in [1.29, 1.82) is 0 Å². The zero-order valence-corrected chi connectivity index (χ0v) is 25.5. The molecule has 12 heteroatoms. The van der Waals surface area contributed by atoms with E-state index in [-0.39, 0.29) is 23.5 Å². The normalized spacial score (nSPS) is 18.5. The lowest BCUT2D eigenvalue weighted by molar-refractivity contribution is -0.133. The van der Waals surface area contributed by atoms with Gasteiger partial charge in [0, 0.05) is 69.3 Å². The minimum Gasteiger partial charge on any atom is -0.457 e. The van der Waals surface area contributed by atoms with Crippen molar-refractivity contribution in [2.75, 3.05) is 50.5 Å². The minimum absolute atomic E-state index is 0.0253. The van der Waals surface area contributed by atoms with Crippen LogP contribution in [0.2, 0.25) is 0 Å². The number of nitrogens with two attached hydrogens (primary N) is 1. The Balaban J connectivity index is 1.11. The van der Waals surface area contributed by atoms with Gasteiger partial charge in [-0.15, -0.1) is 0 Å². The number of primary amides is 1. The summed E-state index contributed by atoms with van der Waals surface area (Å²) < 4.78 is 21.5. The molecule has 236 valence electrons. The molecule has 1 aromatic heterocycles. The van der Waals surface area contributed by atoms with Crippen LogP contribution < -0.4 is 20.7 Å². The summed E-state index contributed by atoms with van der Waals surface area (Å²) in [4.78, 5) is 50.7. The number of aromatic nitrogens is 1. The number of amides is 4. The van der Waals surface area contributed by atoms with E-state index in [2.05, 4.69) is 27.1 Å². The van der Waals surface area contributed by atoms with Gasteiger partial charge in [0.15, 0.2) is 5.82 Å². The third-order valence-electron chi connectivity index (χ3n) is 9.14. The number of pyridine rings is 1. The Labute approximate surface area is 261 Å². The quantitative estimate of drug-likeness (QED) is 0.346. The number of benzene rings is 2. The van der Waals surface area contributed by atoms with Gasteiger partial charge in [0.05, 0.1) is 5.69 Å². The number of likely N-dealkylation sites (N-methyl/N-ethyl adjacent to an activating group) is 1. The van der Waals surface area contributed by atoms with Crippen LogP contribution in [0.5, 0.6) is 11.5 Å². The predicted molar refractivity (Wildman–Crippen MR) is 168 cm³/mol. The number of para-hydroxylation sites is 1. The second-order valence-corrected chi connectivity index (χ2v) is 12.2. The molecule has 3 aromatic rings. The lowest BCUT2D eigenvalue weighted by Crippen LogP contribution is -2.60. The van der Waals surface area contributed by atoms with Crippen molar-refractivity contribution in [3.05, 3.63) is 72.7 Å². The van der Waals surface area contributed by atoms with Crippen LogP contribution in [0.4, 0.5) is 26.4 Å². The molecule has 11 nitrogen and oxygen atoms in total. The third kappa shape index (κ3) is 6.34. The van der Waals surface area contributed by atoms with Crippen LogP contribution in [0.3, 0.4) is 0 Å². The standard InChI is InChI=1S/C33H38FN7O4/c1-38-20-24(21-38)40-16-11-22(12-17-40)39(2)32(44)37-29-19-26(10-15-36-29)45-25-8-9-28(27(34)18-25)41(23-6-4-3-5-7-23)31(43)33(13-14-33)30(35)42/h3-10,15,18-19,22,24H,11-14,16-17,20-21H2,1-2H3,(H2,35,42)(H,36,37,44). The van der Waals surface area contributed by atoms with Gasteiger partial charge in [-0.1, -0.05) is 18.2 Å². The Morgan fingerprint density at radius 2 is 1.71 bits per heavy atom. The maximum absolute atomic E-state index is 15.6. The van der Waals surface area contributed by atoms with Gasteiger partial charge in [-0.3, -0.25) is 24.7 Å². The second kappa shape index (κ2) is 12.4. The fourth-order valence-corrected chi connectivity index (χ4v) is 6.16. The van der Waals surface area contributed by atoms with E-state index in [1.54, 1.807) is 54.4 Å². The molecule has 6 rings (SSSR count). The molecule has 3 fully saturated rings. The highest BCUT2D eigenvalue weighted by molar-refractivity contribution is 6.16. The van der Waals surface area contributed by atoms with E-state index in [1.807, 2.05) is 0 Å². The van der Waals surface area contributed by atoms with Crippen LogP contribution in [0.15, 0.2) is 66.9 Å². The third-order valence-corrected chi connectivity index (χ3v) is 9.14. The molecule has 3 N–H and O–H groups in total. The van der Waals surface area contributed by atoms with Gasteiger partial charge < -0.3 is 20.3 Å². The SMILES string of the molecule is CN1CC(N2CCC(N(C)C(=O)Nc3cc(Oc4ccc(N(C(=O)C5(C(N)=O)CC5)c5ccccc5)c(F)c4)ccn3)CC2)C1. The summed E-state index contributed by atoms with van der Waals surface area (Å²) in [7, 11) is 3.93. The first-order valence-corrected chi connectivity index (χ1v) is 15.2. The van der Waals surface area contributed by atoms with E-state index in [0.29, 0.717) is 36.1 Å². The summed E-state index contributed by atoms with van der Waals surface area (Å²) in [5.41, 5.74) is 4.61. The van der Waals surface area contributed by atoms with Crippen molar-refractivity contribution in [1.82, 2.24) is 19.7 Å². The average molecular weight is 616 g/mol. The number of likely N-dealkylation sites (tertiary alicyclic amines) is 2. The number of carbonyl (C=O) groups is 3.